The summed E-state index contributed by atoms with van der Waals surface area (Å²) in [5.74, 6) is 0.399. The van der Waals surface area contributed by atoms with E-state index in [1.54, 1.807) is 7.11 Å². The van der Waals surface area contributed by atoms with E-state index in [0.29, 0.717) is 24.7 Å². The highest BCUT2D eigenvalue weighted by atomic mass is 16.5. The monoisotopic (exact) mass is 406 g/mol. The molecule has 0 saturated carbocycles. The third-order valence-corrected chi connectivity index (χ3v) is 5.39. The fraction of sp³-hybridized carbons (Fsp3) is 0.458. The highest BCUT2D eigenvalue weighted by molar-refractivity contribution is 5.85. The molecule has 6 nitrogen and oxygen atoms in total. The van der Waals surface area contributed by atoms with E-state index in [-0.39, 0.29) is 6.04 Å². The molecule has 0 aliphatic heterocycles. The van der Waals surface area contributed by atoms with Crippen molar-refractivity contribution in [3.05, 3.63) is 40.7 Å². The molecule has 0 radical (unpaired) electrons. The van der Waals surface area contributed by atoms with Crippen LogP contribution < -0.4 is 4.74 Å². The Labute approximate surface area is 178 Å². The van der Waals surface area contributed by atoms with E-state index in [1.807, 2.05) is 13.0 Å². The van der Waals surface area contributed by atoms with E-state index in [0.717, 1.165) is 52.0 Å². The molecule has 0 aromatic carbocycles. The van der Waals surface area contributed by atoms with E-state index in [2.05, 4.69) is 55.6 Å². The molecule has 0 spiro atoms. The number of hydrogen-bond acceptors (Lipinski definition) is 5. The topological polar surface area (TPSA) is 73.0 Å². The van der Waals surface area contributed by atoms with Gasteiger partial charge in [0.05, 0.1) is 41.7 Å². The summed E-state index contributed by atoms with van der Waals surface area (Å²) in [4.78, 5) is 9.74. The Morgan fingerprint density at radius 3 is 2.53 bits per heavy atom. The predicted octanol–water partition coefficient (Wildman–Crippen LogP) is 5.01. The van der Waals surface area contributed by atoms with Crippen LogP contribution in [0.3, 0.4) is 0 Å². The zero-order valence-electron chi connectivity index (χ0n) is 18.7. The minimum absolute atomic E-state index is 0.215. The van der Waals surface area contributed by atoms with Gasteiger partial charge in [0.25, 0.3) is 0 Å². The van der Waals surface area contributed by atoms with Crippen LogP contribution in [0, 0.1) is 18.3 Å². The molecule has 0 bridgehead atoms. The standard InChI is InChI=1S/C24H30N4O2/c1-7-17-11-21-22(15(4)13-28(21)16(5)14-29-6)27-23(17)19-10-18(12-25)24(30-9-3)26-20(19)8-2/h10-11,13,16H,7-9,14H2,1-6H3/t16-/m0/s1. The molecular formula is C24H30N4O2. The first kappa shape index (κ1) is 21.8. The van der Waals surface area contributed by atoms with Crippen molar-refractivity contribution in [2.45, 2.75) is 53.5 Å². The first-order chi connectivity index (χ1) is 14.5. The van der Waals surface area contributed by atoms with Gasteiger partial charge in [-0.05, 0) is 56.9 Å². The van der Waals surface area contributed by atoms with Gasteiger partial charge in [-0.1, -0.05) is 13.8 Å². The lowest BCUT2D eigenvalue weighted by molar-refractivity contribution is 0.164. The molecule has 0 aliphatic rings. The van der Waals surface area contributed by atoms with Crippen LogP contribution in [0.1, 0.15) is 56.1 Å². The lowest BCUT2D eigenvalue weighted by atomic mass is 9.99. The Kier molecular flexibility index (Phi) is 6.73. The molecule has 30 heavy (non-hydrogen) atoms. The summed E-state index contributed by atoms with van der Waals surface area (Å²) < 4.78 is 13.2. The highest BCUT2D eigenvalue weighted by Crippen LogP contribution is 2.34. The molecule has 0 saturated heterocycles. The van der Waals surface area contributed by atoms with E-state index < -0.39 is 0 Å². The average molecular weight is 407 g/mol. The van der Waals surface area contributed by atoms with Crippen LogP contribution >= 0.6 is 0 Å². The van der Waals surface area contributed by atoms with E-state index in [1.165, 1.54) is 0 Å². The third-order valence-electron chi connectivity index (χ3n) is 5.39. The lowest BCUT2D eigenvalue weighted by Gasteiger charge is -2.17. The van der Waals surface area contributed by atoms with Crippen LogP contribution in [0.2, 0.25) is 0 Å². The van der Waals surface area contributed by atoms with Crippen LogP contribution in [0.25, 0.3) is 22.3 Å². The number of fused-ring (bicyclic) bond motifs is 1. The number of pyridine rings is 2. The number of hydrogen-bond donors (Lipinski definition) is 0. The zero-order chi connectivity index (χ0) is 21.8. The van der Waals surface area contributed by atoms with Crippen molar-refractivity contribution in [2.75, 3.05) is 20.3 Å². The number of nitrogens with zero attached hydrogens (tertiary/aromatic N) is 4. The average Bonchev–Trinajstić information content (AvgIpc) is 3.08. The fourth-order valence-corrected chi connectivity index (χ4v) is 3.89. The van der Waals surface area contributed by atoms with Gasteiger partial charge in [-0.15, -0.1) is 0 Å². The van der Waals surface area contributed by atoms with Crippen molar-refractivity contribution in [1.82, 2.24) is 14.5 Å². The molecule has 3 rings (SSSR count). The molecular weight excluding hydrogens is 376 g/mol. The van der Waals surface area contributed by atoms with Crippen LogP contribution in [-0.2, 0) is 17.6 Å². The number of methoxy groups -OCH3 is 1. The van der Waals surface area contributed by atoms with Crippen LogP contribution in [0.4, 0.5) is 0 Å². The molecule has 0 unspecified atom stereocenters. The van der Waals surface area contributed by atoms with Gasteiger partial charge in [-0.2, -0.15) is 5.26 Å². The zero-order valence-corrected chi connectivity index (χ0v) is 18.7. The fourth-order valence-electron chi connectivity index (χ4n) is 3.89. The second kappa shape index (κ2) is 9.27. The Balaban J connectivity index is 2.26. The number of nitriles is 1. The van der Waals surface area contributed by atoms with Gasteiger partial charge in [-0.25, -0.2) is 9.97 Å². The normalized spacial score (nSPS) is 12.2. The van der Waals surface area contributed by atoms with Crippen molar-refractivity contribution >= 4 is 11.0 Å². The minimum atomic E-state index is 0.215. The first-order valence-corrected chi connectivity index (χ1v) is 10.6. The Morgan fingerprint density at radius 1 is 1.17 bits per heavy atom. The van der Waals surface area contributed by atoms with Gasteiger partial charge in [-0.3, -0.25) is 0 Å². The van der Waals surface area contributed by atoms with Crippen molar-refractivity contribution in [3.8, 4) is 23.2 Å². The van der Waals surface area contributed by atoms with Crippen LogP contribution in [-0.4, -0.2) is 34.9 Å². The molecule has 1 atom stereocenters. The molecule has 6 heteroatoms. The first-order valence-electron chi connectivity index (χ1n) is 10.6. The largest absolute Gasteiger partial charge is 0.477 e. The maximum Gasteiger partial charge on any atom is 0.231 e. The Bertz CT molecular complexity index is 1100. The van der Waals surface area contributed by atoms with Crippen molar-refractivity contribution in [2.24, 2.45) is 0 Å². The summed E-state index contributed by atoms with van der Waals surface area (Å²) in [7, 11) is 1.72. The second-order valence-electron chi connectivity index (χ2n) is 7.47. The van der Waals surface area contributed by atoms with Crippen molar-refractivity contribution in [3.63, 3.8) is 0 Å². The number of rotatable bonds is 8. The third kappa shape index (κ3) is 3.90. The SMILES string of the molecule is CCOc1nc(CC)c(-c2nc3c(C)cn([C@@H](C)COC)c3cc2CC)cc1C#N. The molecule has 0 N–H and O–H groups in total. The van der Waals surface area contributed by atoms with Gasteiger partial charge in [0.15, 0.2) is 0 Å². The highest BCUT2D eigenvalue weighted by Gasteiger charge is 2.20. The summed E-state index contributed by atoms with van der Waals surface area (Å²) in [5.41, 5.74) is 7.47. The Morgan fingerprint density at radius 2 is 1.93 bits per heavy atom. The molecule has 0 amide bonds. The lowest BCUT2D eigenvalue weighted by Crippen LogP contribution is -2.10. The smallest absolute Gasteiger partial charge is 0.231 e. The summed E-state index contributed by atoms with van der Waals surface area (Å²) in [6.45, 7) is 11.4. The number of ether oxygens (including phenoxy) is 2. The summed E-state index contributed by atoms with van der Waals surface area (Å²) in [5, 5.41) is 9.63. The molecule has 158 valence electrons. The number of aromatic nitrogens is 3. The summed E-state index contributed by atoms with van der Waals surface area (Å²) in [6, 6.07) is 6.54. The Hall–Kier alpha value is -2.91. The summed E-state index contributed by atoms with van der Waals surface area (Å²) >= 11 is 0. The van der Waals surface area contributed by atoms with Gasteiger partial charge in [0, 0.05) is 18.9 Å². The van der Waals surface area contributed by atoms with Crippen molar-refractivity contribution < 1.29 is 9.47 Å². The molecule has 3 aromatic heterocycles. The van der Waals surface area contributed by atoms with E-state index >= 15 is 0 Å². The quantitative estimate of drug-likeness (QED) is 0.526. The van der Waals surface area contributed by atoms with Gasteiger partial charge >= 0.3 is 0 Å². The van der Waals surface area contributed by atoms with Crippen LogP contribution in [0.15, 0.2) is 18.3 Å². The maximum atomic E-state index is 9.63. The van der Waals surface area contributed by atoms with Crippen LogP contribution in [0.5, 0.6) is 5.88 Å². The molecule has 0 aliphatic carbocycles. The summed E-state index contributed by atoms with van der Waals surface area (Å²) in [6.07, 6.45) is 3.71. The molecule has 0 fully saturated rings. The van der Waals surface area contributed by atoms with Gasteiger partial charge in [0.2, 0.25) is 5.88 Å². The minimum Gasteiger partial charge on any atom is -0.477 e. The van der Waals surface area contributed by atoms with Gasteiger partial charge in [0.1, 0.15) is 11.6 Å². The maximum absolute atomic E-state index is 9.63. The second-order valence-corrected chi connectivity index (χ2v) is 7.47. The van der Waals surface area contributed by atoms with Gasteiger partial charge < -0.3 is 14.0 Å². The van der Waals surface area contributed by atoms with E-state index in [4.69, 9.17) is 14.5 Å². The number of aryl methyl sites for hydroxylation is 3. The van der Waals surface area contributed by atoms with Crippen molar-refractivity contribution in [1.29, 1.82) is 5.26 Å². The molecule has 3 heterocycles. The van der Waals surface area contributed by atoms with E-state index in [9.17, 15) is 5.26 Å². The predicted molar refractivity (Wildman–Crippen MR) is 119 cm³/mol. The molecule has 3 aromatic rings.